The molecule has 0 saturated heterocycles. The molecule has 54 valence electrons. The predicted octanol–water partition coefficient (Wildman–Crippen LogP) is 2.97. The van der Waals surface area contributed by atoms with Gasteiger partial charge in [-0.1, -0.05) is 16.8 Å². The van der Waals surface area contributed by atoms with Gasteiger partial charge in [-0.15, -0.1) is 11.3 Å². The highest BCUT2D eigenvalue weighted by molar-refractivity contribution is 9.10. The van der Waals surface area contributed by atoms with Crippen molar-refractivity contribution in [2.24, 2.45) is 5.16 Å². The third kappa shape index (κ3) is 1.71. The summed E-state index contributed by atoms with van der Waals surface area (Å²) in [4.78, 5) is 0.819. The molecule has 2 nitrogen and oxygen atoms in total. The average molecular weight is 241 g/mol. The molecule has 0 radical (unpaired) electrons. The summed E-state index contributed by atoms with van der Waals surface area (Å²) in [6.45, 7) is 0. The van der Waals surface area contributed by atoms with E-state index in [-0.39, 0.29) is 0 Å². The fraction of sp³-hybridized carbons (Fsp3) is 0. The van der Waals surface area contributed by atoms with Crippen LogP contribution in [0.25, 0.3) is 0 Å². The van der Waals surface area contributed by atoms with E-state index in [0.717, 1.165) is 9.35 Å². The number of nitrogens with zero attached hydrogens (tertiary/aromatic N) is 1. The smallest absolute Gasteiger partial charge is 0.108 e. The van der Waals surface area contributed by atoms with Crippen LogP contribution in [0, 0.1) is 0 Å². The van der Waals surface area contributed by atoms with Crippen LogP contribution in [0.5, 0.6) is 0 Å². The molecule has 10 heavy (non-hydrogen) atoms. The predicted molar refractivity (Wildman–Crippen MR) is 46.4 cm³/mol. The van der Waals surface area contributed by atoms with Gasteiger partial charge in [0.05, 0.1) is 11.1 Å². The van der Waals surface area contributed by atoms with Crippen molar-refractivity contribution in [3.05, 3.63) is 19.8 Å². The number of hydrogen-bond acceptors (Lipinski definition) is 3. The molecule has 5 heteroatoms. The molecular weight excluding hydrogens is 237 g/mol. The monoisotopic (exact) mass is 239 g/mol. The molecule has 0 amide bonds. The van der Waals surface area contributed by atoms with E-state index in [0.29, 0.717) is 4.34 Å². The molecule has 1 aromatic rings. The van der Waals surface area contributed by atoms with Crippen molar-refractivity contribution in [3.63, 3.8) is 0 Å². The van der Waals surface area contributed by atoms with E-state index in [4.69, 9.17) is 16.8 Å². The number of oxime groups is 1. The van der Waals surface area contributed by atoms with Crippen LogP contribution in [0.15, 0.2) is 15.7 Å². The molecule has 1 heterocycles. The Kier molecular flexibility index (Phi) is 2.71. The number of rotatable bonds is 1. The molecule has 0 saturated carbocycles. The van der Waals surface area contributed by atoms with E-state index in [1.54, 1.807) is 6.07 Å². The number of thiophene rings is 1. The van der Waals surface area contributed by atoms with Crippen molar-refractivity contribution < 1.29 is 5.21 Å². The molecule has 0 aliphatic carbocycles. The molecule has 1 N–H and O–H groups in total. The Hall–Kier alpha value is -0.0600. The van der Waals surface area contributed by atoms with E-state index in [2.05, 4.69) is 21.1 Å². The fourth-order valence-corrected chi connectivity index (χ4v) is 2.09. The molecule has 0 atom stereocenters. The zero-order valence-corrected chi connectivity index (χ0v) is 7.87. The molecule has 0 unspecified atom stereocenters. The zero-order valence-electron chi connectivity index (χ0n) is 4.71. The van der Waals surface area contributed by atoms with Crippen molar-refractivity contribution >= 4 is 45.1 Å². The highest BCUT2D eigenvalue weighted by Crippen LogP contribution is 2.30. The summed E-state index contributed by atoms with van der Waals surface area (Å²) in [5.41, 5.74) is 0. The summed E-state index contributed by atoms with van der Waals surface area (Å²) in [5, 5.41) is 11.0. The van der Waals surface area contributed by atoms with Crippen molar-refractivity contribution in [1.82, 2.24) is 0 Å². The lowest BCUT2D eigenvalue weighted by atomic mass is 10.5. The van der Waals surface area contributed by atoms with Crippen molar-refractivity contribution in [3.8, 4) is 0 Å². The molecule has 0 spiro atoms. The first-order chi connectivity index (χ1) is 4.74. The van der Waals surface area contributed by atoms with Crippen LogP contribution in [-0.4, -0.2) is 11.4 Å². The van der Waals surface area contributed by atoms with Crippen LogP contribution in [-0.2, 0) is 0 Å². The summed E-state index contributed by atoms with van der Waals surface area (Å²) in [6.07, 6.45) is 1.33. The van der Waals surface area contributed by atoms with Gasteiger partial charge < -0.3 is 5.21 Å². The van der Waals surface area contributed by atoms with Gasteiger partial charge in [0, 0.05) is 4.47 Å². The molecule has 1 rings (SSSR count). The molecule has 0 aliphatic rings. The lowest BCUT2D eigenvalue weighted by molar-refractivity contribution is 0.322. The second-order valence-corrected chi connectivity index (χ2v) is 4.06. The van der Waals surface area contributed by atoms with Gasteiger partial charge in [0.1, 0.15) is 4.34 Å². The van der Waals surface area contributed by atoms with E-state index in [1.165, 1.54) is 17.6 Å². The standard InChI is InChI=1S/C5H3BrClNOS/c6-4-1-3(2-8-9)10-5(4)7/h1-2,9H/b8-2+. The maximum Gasteiger partial charge on any atom is 0.108 e. The Morgan fingerprint density at radius 3 is 2.90 bits per heavy atom. The first kappa shape index (κ1) is 8.04. The Balaban J connectivity index is 2.98. The topological polar surface area (TPSA) is 32.6 Å². The normalized spacial score (nSPS) is 11.0. The molecular formula is C5H3BrClNOS. The van der Waals surface area contributed by atoms with E-state index < -0.39 is 0 Å². The van der Waals surface area contributed by atoms with Crippen LogP contribution in [0.4, 0.5) is 0 Å². The molecule has 1 aromatic heterocycles. The Morgan fingerprint density at radius 2 is 2.50 bits per heavy atom. The van der Waals surface area contributed by atoms with Crippen LogP contribution < -0.4 is 0 Å². The van der Waals surface area contributed by atoms with Crippen molar-refractivity contribution in [2.45, 2.75) is 0 Å². The lowest BCUT2D eigenvalue weighted by Gasteiger charge is -1.74. The van der Waals surface area contributed by atoms with Gasteiger partial charge in [-0.2, -0.15) is 0 Å². The van der Waals surface area contributed by atoms with Gasteiger partial charge in [-0.3, -0.25) is 0 Å². The Morgan fingerprint density at radius 1 is 1.80 bits per heavy atom. The van der Waals surface area contributed by atoms with Gasteiger partial charge in [0.2, 0.25) is 0 Å². The van der Waals surface area contributed by atoms with Gasteiger partial charge in [-0.25, -0.2) is 0 Å². The quantitative estimate of drug-likeness (QED) is 0.457. The first-order valence-electron chi connectivity index (χ1n) is 2.36. The summed E-state index contributed by atoms with van der Waals surface area (Å²) in [6, 6.07) is 1.78. The average Bonchev–Trinajstić information content (AvgIpc) is 2.14. The molecule has 0 fully saturated rings. The second-order valence-electron chi connectivity index (χ2n) is 1.51. The van der Waals surface area contributed by atoms with Gasteiger partial charge in [0.15, 0.2) is 0 Å². The van der Waals surface area contributed by atoms with E-state index in [1.807, 2.05) is 0 Å². The van der Waals surface area contributed by atoms with Crippen LogP contribution in [0.3, 0.4) is 0 Å². The zero-order chi connectivity index (χ0) is 7.56. The highest BCUT2D eigenvalue weighted by Gasteiger charge is 2.01. The minimum Gasteiger partial charge on any atom is -0.411 e. The summed E-state index contributed by atoms with van der Waals surface area (Å²) in [5.74, 6) is 0. The van der Waals surface area contributed by atoms with Crippen molar-refractivity contribution in [2.75, 3.05) is 0 Å². The van der Waals surface area contributed by atoms with Gasteiger partial charge in [-0.05, 0) is 22.0 Å². The van der Waals surface area contributed by atoms with Crippen molar-refractivity contribution in [1.29, 1.82) is 0 Å². The maximum absolute atomic E-state index is 8.14. The lowest BCUT2D eigenvalue weighted by Crippen LogP contribution is -1.68. The molecule has 0 bridgehead atoms. The Labute approximate surface area is 75.3 Å². The second kappa shape index (κ2) is 3.37. The summed E-state index contributed by atoms with van der Waals surface area (Å²) >= 11 is 10.3. The van der Waals surface area contributed by atoms with Crippen LogP contribution in [0.2, 0.25) is 4.34 Å². The molecule has 0 aliphatic heterocycles. The van der Waals surface area contributed by atoms with E-state index >= 15 is 0 Å². The third-order valence-electron chi connectivity index (χ3n) is 0.849. The molecule has 0 aromatic carbocycles. The highest BCUT2D eigenvalue weighted by atomic mass is 79.9. The fourth-order valence-electron chi connectivity index (χ4n) is 0.484. The first-order valence-corrected chi connectivity index (χ1v) is 4.35. The Bertz CT molecular complexity index is 241. The SMILES string of the molecule is O/N=C/c1cc(Br)c(Cl)s1. The number of hydrogen-bond donors (Lipinski definition) is 1. The number of halogens is 2. The van der Waals surface area contributed by atoms with Crippen LogP contribution >= 0.6 is 38.9 Å². The maximum atomic E-state index is 8.14. The minimum atomic E-state index is 0.662. The van der Waals surface area contributed by atoms with Gasteiger partial charge >= 0.3 is 0 Å². The largest absolute Gasteiger partial charge is 0.411 e. The van der Waals surface area contributed by atoms with Gasteiger partial charge in [0.25, 0.3) is 0 Å². The summed E-state index contributed by atoms with van der Waals surface area (Å²) in [7, 11) is 0. The van der Waals surface area contributed by atoms with Crippen LogP contribution in [0.1, 0.15) is 4.88 Å². The minimum absolute atomic E-state index is 0.662. The van der Waals surface area contributed by atoms with E-state index in [9.17, 15) is 0 Å². The summed E-state index contributed by atoms with van der Waals surface area (Å²) < 4.78 is 1.49. The third-order valence-corrected chi connectivity index (χ3v) is 3.26.